The Morgan fingerprint density at radius 2 is 1.96 bits per heavy atom. The maximum atomic E-state index is 11.5. The smallest absolute Gasteiger partial charge is 0.408 e. The van der Waals surface area contributed by atoms with Crippen molar-refractivity contribution in [3.8, 4) is 17.6 Å². The minimum Gasteiger partial charge on any atom is -0.494 e. The number of rotatable bonds is 5. The Kier molecular flexibility index (Phi) is 6.55. The molecule has 4 heteroatoms. The topological polar surface area (TPSA) is 47.6 Å². The van der Waals surface area contributed by atoms with Crippen LogP contribution in [0.5, 0.6) is 5.75 Å². The van der Waals surface area contributed by atoms with Gasteiger partial charge in [-0.15, -0.1) is 0 Å². The molecule has 0 bridgehead atoms. The van der Waals surface area contributed by atoms with Crippen molar-refractivity contribution in [3.63, 3.8) is 0 Å². The van der Waals surface area contributed by atoms with Gasteiger partial charge in [0.1, 0.15) is 12.4 Å². The first-order valence-electron chi connectivity index (χ1n) is 7.44. The number of ether oxygens (including phenoxy) is 2. The molecule has 2 rings (SSSR count). The molecule has 118 valence electrons. The summed E-state index contributed by atoms with van der Waals surface area (Å²) in [6, 6.07) is 17.0. The highest BCUT2D eigenvalue weighted by atomic mass is 16.5. The number of benzene rings is 2. The van der Waals surface area contributed by atoms with Gasteiger partial charge in [-0.25, -0.2) is 4.79 Å². The van der Waals surface area contributed by atoms with Crippen molar-refractivity contribution in [2.75, 3.05) is 13.2 Å². The summed E-state index contributed by atoms with van der Waals surface area (Å²) in [4.78, 5) is 11.5. The van der Waals surface area contributed by atoms with Crippen LogP contribution in [0.2, 0.25) is 0 Å². The van der Waals surface area contributed by atoms with Gasteiger partial charge in [-0.3, -0.25) is 0 Å². The van der Waals surface area contributed by atoms with E-state index in [9.17, 15) is 4.79 Å². The highest BCUT2D eigenvalue weighted by Gasteiger charge is 2.00. The monoisotopic (exact) mass is 309 g/mol. The SMILES string of the molecule is CCOc1cccc(C#CCNC(=O)OCc2ccccc2)c1. The van der Waals surface area contributed by atoms with Crippen LogP contribution in [-0.4, -0.2) is 19.2 Å². The van der Waals surface area contributed by atoms with E-state index in [-0.39, 0.29) is 13.2 Å². The Morgan fingerprint density at radius 3 is 2.74 bits per heavy atom. The quantitative estimate of drug-likeness (QED) is 0.862. The van der Waals surface area contributed by atoms with E-state index in [1.54, 1.807) is 0 Å². The number of alkyl carbamates (subject to hydrolysis) is 1. The van der Waals surface area contributed by atoms with Crippen molar-refractivity contribution >= 4 is 6.09 Å². The molecule has 0 saturated heterocycles. The average Bonchev–Trinajstić information content (AvgIpc) is 2.58. The Labute approximate surface area is 136 Å². The van der Waals surface area contributed by atoms with Gasteiger partial charge < -0.3 is 14.8 Å². The van der Waals surface area contributed by atoms with Crippen LogP contribution in [0.15, 0.2) is 54.6 Å². The number of hydrogen-bond acceptors (Lipinski definition) is 3. The van der Waals surface area contributed by atoms with Crippen LogP contribution in [0, 0.1) is 11.8 Å². The minimum absolute atomic E-state index is 0.229. The van der Waals surface area contributed by atoms with Gasteiger partial charge in [0.25, 0.3) is 0 Å². The maximum Gasteiger partial charge on any atom is 0.408 e. The van der Waals surface area contributed by atoms with E-state index < -0.39 is 6.09 Å². The van der Waals surface area contributed by atoms with Crippen LogP contribution in [-0.2, 0) is 11.3 Å². The Hall–Kier alpha value is -2.93. The minimum atomic E-state index is -0.480. The van der Waals surface area contributed by atoms with Crippen molar-refractivity contribution in [2.24, 2.45) is 0 Å². The van der Waals surface area contributed by atoms with Crippen molar-refractivity contribution < 1.29 is 14.3 Å². The Morgan fingerprint density at radius 1 is 1.13 bits per heavy atom. The van der Waals surface area contributed by atoms with Crippen molar-refractivity contribution in [2.45, 2.75) is 13.5 Å². The first-order valence-corrected chi connectivity index (χ1v) is 7.44. The summed E-state index contributed by atoms with van der Waals surface area (Å²) in [6.45, 7) is 3.03. The zero-order chi connectivity index (χ0) is 16.3. The van der Waals surface area contributed by atoms with Gasteiger partial charge >= 0.3 is 6.09 Å². The standard InChI is InChI=1S/C19H19NO3/c1-2-22-18-12-6-10-16(14-18)11-7-13-20-19(21)23-15-17-8-4-3-5-9-17/h3-6,8-10,12,14H,2,13,15H2,1H3,(H,20,21). The molecule has 23 heavy (non-hydrogen) atoms. The largest absolute Gasteiger partial charge is 0.494 e. The molecule has 4 nitrogen and oxygen atoms in total. The van der Waals surface area contributed by atoms with E-state index in [4.69, 9.17) is 9.47 Å². The molecule has 0 aliphatic rings. The third-order valence-electron chi connectivity index (χ3n) is 2.91. The predicted octanol–water partition coefficient (Wildman–Crippen LogP) is 3.36. The highest BCUT2D eigenvalue weighted by molar-refractivity contribution is 5.67. The van der Waals surface area contributed by atoms with Gasteiger partial charge in [0.2, 0.25) is 0 Å². The van der Waals surface area contributed by atoms with E-state index >= 15 is 0 Å². The van der Waals surface area contributed by atoms with Crippen LogP contribution in [0.1, 0.15) is 18.1 Å². The summed E-state index contributed by atoms with van der Waals surface area (Å²) in [5.74, 6) is 6.64. The highest BCUT2D eigenvalue weighted by Crippen LogP contribution is 2.12. The predicted molar refractivity (Wildman–Crippen MR) is 89.1 cm³/mol. The molecule has 0 unspecified atom stereocenters. The molecule has 0 spiro atoms. The molecule has 1 N–H and O–H groups in total. The van der Waals surface area contributed by atoms with Crippen molar-refractivity contribution in [1.29, 1.82) is 0 Å². The molecule has 0 aromatic heterocycles. The molecule has 2 aromatic carbocycles. The van der Waals surface area contributed by atoms with E-state index in [0.29, 0.717) is 6.61 Å². The lowest BCUT2D eigenvalue weighted by Crippen LogP contribution is -2.24. The fourth-order valence-electron chi connectivity index (χ4n) is 1.87. The van der Waals surface area contributed by atoms with Crippen LogP contribution in [0.25, 0.3) is 0 Å². The van der Waals surface area contributed by atoms with Crippen molar-refractivity contribution in [3.05, 3.63) is 65.7 Å². The van der Waals surface area contributed by atoms with Crippen LogP contribution >= 0.6 is 0 Å². The van der Waals surface area contributed by atoms with E-state index in [1.165, 1.54) is 0 Å². The van der Waals surface area contributed by atoms with E-state index in [1.807, 2.05) is 61.5 Å². The second kappa shape index (κ2) is 9.16. The molecule has 0 aliphatic heterocycles. The third kappa shape index (κ3) is 6.15. The number of nitrogens with one attached hydrogen (secondary N) is 1. The molecule has 0 aliphatic carbocycles. The molecular weight excluding hydrogens is 290 g/mol. The normalized spacial score (nSPS) is 9.43. The van der Waals surface area contributed by atoms with Gasteiger partial charge in [0.05, 0.1) is 13.2 Å². The number of carbonyl (C=O) groups is 1. The van der Waals surface area contributed by atoms with Gasteiger partial charge in [-0.1, -0.05) is 48.2 Å². The summed E-state index contributed by atoms with van der Waals surface area (Å²) in [7, 11) is 0. The number of carbonyl (C=O) groups excluding carboxylic acids is 1. The Balaban J connectivity index is 1.74. The zero-order valence-electron chi connectivity index (χ0n) is 13.0. The second-order valence-electron chi connectivity index (χ2n) is 4.68. The molecule has 0 radical (unpaired) electrons. The zero-order valence-corrected chi connectivity index (χ0v) is 13.0. The molecule has 0 fully saturated rings. The van der Waals surface area contributed by atoms with Gasteiger partial charge in [-0.05, 0) is 30.7 Å². The fourth-order valence-corrected chi connectivity index (χ4v) is 1.87. The van der Waals surface area contributed by atoms with Crippen molar-refractivity contribution in [1.82, 2.24) is 5.32 Å². The first-order chi connectivity index (χ1) is 11.3. The maximum absolute atomic E-state index is 11.5. The Bertz CT molecular complexity index is 687. The number of amides is 1. The van der Waals surface area contributed by atoms with Crippen LogP contribution in [0.4, 0.5) is 4.79 Å². The van der Waals surface area contributed by atoms with E-state index in [2.05, 4.69) is 17.2 Å². The lowest BCUT2D eigenvalue weighted by atomic mass is 10.2. The summed E-state index contributed by atoms with van der Waals surface area (Å²) in [6.07, 6.45) is -0.480. The third-order valence-corrected chi connectivity index (χ3v) is 2.91. The molecule has 0 heterocycles. The fraction of sp³-hybridized carbons (Fsp3) is 0.211. The first kappa shape index (κ1) is 16.4. The van der Waals surface area contributed by atoms with Gasteiger partial charge in [-0.2, -0.15) is 0 Å². The summed E-state index contributed by atoms with van der Waals surface area (Å²) in [5, 5.41) is 2.60. The van der Waals surface area contributed by atoms with Crippen LogP contribution < -0.4 is 10.1 Å². The summed E-state index contributed by atoms with van der Waals surface area (Å²) in [5.41, 5.74) is 1.79. The molecule has 2 aromatic rings. The molecule has 0 saturated carbocycles. The summed E-state index contributed by atoms with van der Waals surface area (Å²) >= 11 is 0. The lowest BCUT2D eigenvalue weighted by molar-refractivity contribution is 0.141. The lowest BCUT2D eigenvalue weighted by Gasteiger charge is -2.04. The van der Waals surface area contributed by atoms with Crippen LogP contribution in [0.3, 0.4) is 0 Å². The molecule has 1 amide bonds. The van der Waals surface area contributed by atoms with Gasteiger partial charge in [0.15, 0.2) is 0 Å². The molecular formula is C19H19NO3. The van der Waals surface area contributed by atoms with E-state index in [0.717, 1.165) is 16.9 Å². The average molecular weight is 309 g/mol. The molecule has 0 atom stereocenters. The van der Waals surface area contributed by atoms with Gasteiger partial charge in [0, 0.05) is 5.56 Å². The summed E-state index contributed by atoms with van der Waals surface area (Å²) < 4.78 is 10.5. The second-order valence-corrected chi connectivity index (χ2v) is 4.68. The number of hydrogen-bond donors (Lipinski definition) is 1.